The fourth-order valence-corrected chi connectivity index (χ4v) is 1.72. The molecule has 0 radical (unpaired) electrons. The van der Waals surface area contributed by atoms with Gasteiger partial charge in [0.25, 0.3) is 0 Å². The molecule has 1 rings (SSSR count). The minimum absolute atomic E-state index is 0.211. The topological polar surface area (TPSA) is 37.9 Å². The lowest BCUT2D eigenvalue weighted by atomic mass is 10.3. The number of hydrogen-bond acceptors (Lipinski definition) is 3. The van der Waals surface area contributed by atoms with Crippen molar-refractivity contribution in [1.29, 1.82) is 0 Å². The van der Waals surface area contributed by atoms with Crippen LogP contribution in [0.5, 0.6) is 0 Å². The molecule has 0 aromatic carbocycles. The number of aromatic amines is 1. The van der Waals surface area contributed by atoms with Gasteiger partial charge in [-0.25, -0.2) is 4.98 Å². The first-order valence-electron chi connectivity index (χ1n) is 4.66. The lowest BCUT2D eigenvalue weighted by molar-refractivity contribution is -0.134. The Morgan fingerprint density at radius 2 is 2.12 bits per heavy atom. The number of aryl methyl sites for hydroxylation is 1. The third kappa shape index (κ3) is 4.72. The summed E-state index contributed by atoms with van der Waals surface area (Å²) in [5, 5.41) is 0. The maximum Gasteiger partial charge on any atom is 0.389 e. The zero-order valence-corrected chi connectivity index (χ0v) is 11.3. The number of methoxy groups -OCH3 is 1. The molecule has 1 N–H and O–H groups in total. The average molecular weight is 331 g/mol. The number of rotatable bonds is 4. The van der Waals surface area contributed by atoms with E-state index in [1.807, 2.05) is 0 Å². The predicted molar refractivity (Wildman–Crippen MR) is 62.2 cm³/mol. The molecule has 0 amide bonds. The second-order valence-electron chi connectivity index (χ2n) is 3.33. The predicted octanol–water partition coefficient (Wildman–Crippen LogP) is 3.54. The van der Waals surface area contributed by atoms with E-state index < -0.39 is 12.6 Å². The highest BCUT2D eigenvalue weighted by Crippen LogP contribution is 2.22. The van der Waals surface area contributed by atoms with Gasteiger partial charge in [-0.15, -0.1) is 0 Å². The van der Waals surface area contributed by atoms with Gasteiger partial charge in [0.1, 0.15) is 10.5 Å². The van der Waals surface area contributed by atoms with Crippen molar-refractivity contribution in [3.8, 4) is 0 Å². The van der Waals surface area contributed by atoms with Crippen LogP contribution >= 0.6 is 28.1 Å². The third-order valence-electron chi connectivity index (χ3n) is 1.92. The van der Waals surface area contributed by atoms with Crippen LogP contribution in [0.2, 0.25) is 0 Å². The summed E-state index contributed by atoms with van der Waals surface area (Å²) in [5.41, 5.74) is 0.588. The van der Waals surface area contributed by atoms with E-state index >= 15 is 0 Å². The number of H-pyrrole nitrogens is 1. The van der Waals surface area contributed by atoms with Crippen LogP contribution in [0, 0.1) is 4.64 Å². The van der Waals surface area contributed by atoms with E-state index in [2.05, 4.69) is 25.9 Å². The van der Waals surface area contributed by atoms with Crippen molar-refractivity contribution >= 4 is 28.1 Å². The van der Waals surface area contributed by atoms with Gasteiger partial charge in [0.15, 0.2) is 0 Å². The normalized spacial score (nSPS) is 11.8. The minimum atomic E-state index is -4.20. The fraction of sp³-hybridized carbons (Fsp3) is 0.556. The Kier molecular flexibility index (Phi) is 5.08. The highest BCUT2D eigenvalue weighted by Gasteiger charge is 2.27. The zero-order valence-electron chi connectivity index (χ0n) is 8.90. The van der Waals surface area contributed by atoms with Gasteiger partial charge in [0.05, 0.1) is 23.2 Å². The van der Waals surface area contributed by atoms with Crippen LogP contribution in [0.25, 0.3) is 0 Å². The molecule has 1 aromatic rings. The van der Waals surface area contributed by atoms with Gasteiger partial charge in [-0.05, 0) is 15.9 Å². The number of nitrogens with one attached hydrogen (secondary N) is 1. The Morgan fingerprint density at radius 1 is 1.47 bits per heavy atom. The molecule has 0 saturated carbocycles. The number of ether oxygens (including phenoxy) is 1. The molecule has 0 unspecified atom stereocenters. The minimum Gasteiger partial charge on any atom is -0.378 e. The van der Waals surface area contributed by atoms with Crippen LogP contribution in [0.4, 0.5) is 13.2 Å². The molecule has 0 saturated heterocycles. The summed E-state index contributed by atoms with van der Waals surface area (Å²) in [6.45, 7) is 0.228. The van der Waals surface area contributed by atoms with Gasteiger partial charge in [0, 0.05) is 13.5 Å². The number of hydrogen-bond donors (Lipinski definition) is 1. The molecular weight excluding hydrogens is 321 g/mol. The van der Waals surface area contributed by atoms with Crippen LogP contribution in [0.1, 0.15) is 17.9 Å². The molecule has 0 fully saturated rings. The first kappa shape index (κ1) is 14.6. The van der Waals surface area contributed by atoms with Crippen LogP contribution in [-0.2, 0) is 17.8 Å². The smallest absolute Gasteiger partial charge is 0.378 e. The van der Waals surface area contributed by atoms with Gasteiger partial charge >= 0.3 is 6.18 Å². The first-order chi connectivity index (χ1) is 7.83. The van der Waals surface area contributed by atoms with Gasteiger partial charge in [0.2, 0.25) is 0 Å². The molecule has 0 bridgehead atoms. The number of nitrogens with zero attached hydrogens (tertiary/aromatic N) is 1. The van der Waals surface area contributed by atoms with Crippen LogP contribution < -0.4 is 0 Å². The molecule has 17 heavy (non-hydrogen) atoms. The van der Waals surface area contributed by atoms with Crippen molar-refractivity contribution < 1.29 is 17.9 Å². The van der Waals surface area contributed by atoms with E-state index in [0.717, 1.165) is 0 Å². The Balaban J connectivity index is 2.91. The Labute approximate surface area is 110 Å². The maximum atomic E-state index is 12.1. The molecule has 8 heteroatoms. The lowest BCUT2D eigenvalue weighted by Crippen LogP contribution is -2.11. The van der Waals surface area contributed by atoms with Crippen molar-refractivity contribution in [2.45, 2.75) is 25.6 Å². The van der Waals surface area contributed by atoms with Crippen molar-refractivity contribution in [3.63, 3.8) is 0 Å². The number of halogens is 4. The Hall–Kier alpha value is -0.470. The summed E-state index contributed by atoms with van der Waals surface area (Å²) in [7, 11) is 1.49. The van der Waals surface area contributed by atoms with Gasteiger partial charge in [-0.2, -0.15) is 13.2 Å². The molecule has 0 atom stereocenters. The maximum absolute atomic E-state index is 12.1. The molecule has 0 aliphatic carbocycles. The van der Waals surface area contributed by atoms with Crippen LogP contribution in [0.3, 0.4) is 0 Å². The summed E-state index contributed by atoms with van der Waals surface area (Å²) in [4.78, 5) is 6.65. The Morgan fingerprint density at radius 3 is 2.65 bits per heavy atom. The van der Waals surface area contributed by atoms with Crippen molar-refractivity contribution in [3.05, 3.63) is 20.6 Å². The lowest BCUT2D eigenvalue weighted by Gasteiger charge is -2.09. The van der Waals surface area contributed by atoms with Gasteiger partial charge < -0.3 is 9.72 Å². The second-order valence-corrected chi connectivity index (χ2v) is 4.51. The molecule has 1 heterocycles. The molecule has 3 nitrogen and oxygen atoms in total. The number of alkyl halides is 3. The monoisotopic (exact) mass is 330 g/mol. The second kappa shape index (κ2) is 5.92. The highest BCUT2D eigenvalue weighted by atomic mass is 79.9. The molecule has 0 aliphatic rings. The molecule has 0 spiro atoms. The Bertz CT molecular complexity index is 447. The standard InChI is InChI=1S/C9H10BrF3N2OS/c1-16-4-5-7(10)8(17)15-6(14-5)2-3-9(11,12)13/h2-4H2,1H3,(H,14,15,17). The highest BCUT2D eigenvalue weighted by molar-refractivity contribution is 9.10. The van der Waals surface area contributed by atoms with Crippen LogP contribution in [0.15, 0.2) is 4.47 Å². The van der Waals surface area contributed by atoms with E-state index in [4.69, 9.17) is 17.0 Å². The summed E-state index contributed by atoms with van der Waals surface area (Å²) in [6, 6.07) is 0. The average Bonchev–Trinajstić information content (AvgIpc) is 2.21. The summed E-state index contributed by atoms with van der Waals surface area (Å²) in [5.74, 6) is 0.211. The largest absolute Gasteiger partial charge is 0.389 e. The van der Waals surface area contributed by atoms with E-state index in [1.165, 1.54) is 7.11 Å². The first-order valence-corrected chi connectivity index (χ1v) is 5.87. The van der Waals surface area contributed by atoms with E-state index in [9.17, 15) is 13.2 Å². The zero-order chi connectivity index (χ0) is 13.1. The molecule has 0 aliphatic heterocycles. The van der Waals surface area contributed by atoms with Crippen molar-refractivity contribution in [2.24, 2.45) is 0 Å². The molecule has 1 aromatic heterocycles. The van der Waals surface area contributed by atoms with Gasteiger partial charge in [-0.1, -0.05) is 12.2 Å². The third-order valence-corrected chi connectivity index (χ3v) is 3.33. The SMILES string of the molecule is COCc1[nH]c(CCC(F)(F)F)nc(=S)c1Br. The van der Waals surface area contributed by atoms with Crippen LogP contribution in [-0.4, -0.2) is 23.3 Å². The fourth-order valence-electron chi connectivity index (χ4n) is 1.18. The van der Waals surface area contributed by atoms with Crippen molar-refractivity contribution in [2.75, 3.05) is 7.11 Å². The quantitative estimate of drug-likeness (QED) is 0.858. The van der Waals surface area contributed by atoms with E-state index in [1.54, 1.807) is 0 Å². The molecule has 96 valence electrons. The molecular formula is C9H10BrF3N2OS. The van der Waals surface area contributed by atoms with Gasteiger partial charge in [-0.3, -0.25) is 0 Å². The van der Waals surface area contributed by atoms with Crippen molar-refractivity contribution in [1.82, 2.24) is 9.97 Å². The van der Waals surface area contributed by atoms with E-state index in [0.29, 0.717) is 10.2 Å². The summed E-state index contributed by atoms with van der Waals surface area (Å²) in [6.07, 6.45) is -5.36. The van der Waals surface area contributed by atoms with E-state index in [-0.39, 0.29) is 23.5 Å². The number of aromatic nitrogens is 2. The summed E-state index contributed by atoms with van der Waals surface area (Å²) >= 11 is 8.14. The summed E-state index contributed by atoms with van der Waals surface area (Å²) < 4.78 is 41.9.